The van der Waals surface area contributed by atoms with Crippen molar-refractivity contribution in [3.05, 3.63) is 53.8 Å². The summed E-state index contributed by atoms with van der Waals surface area (Å²) in [7, 11) is 0. The fraction of sp³-hybridized carbons (Fsp3) is 0.0769. The van der Waals surface area contributed by atoms with Crippen molar-refractivity contribution in [2.24, 2.45) is 0 Å². The molecule has 4 heteroatoms. The largest absolute Gasteiger partial charge is 0.508 e. The van der Waals surface area contributed by atoms with Crippen molar-refractivity contribution in [1.29, 1.82) is 0 Å². The fourth-order valence-electron chi connectivity index (χ4n) is 1.36. The molecule has 0 heterocycles. The van der Waals surface area contributed by atoms with Crippen molar-refractivity contribution in [2.45, 2.75) is 6.61 Å². The minimum absolute atomic E-state index is 0.0991. The molecule has 0 aliphatic heterocycles. The SMILES string of the molecule is Nc1ccc(OCc2ccc(O)cc2)cc1F. The number of aromatic hydroxyl groups is 1. The van der Waals surface area contributed by atoms with Crippen LogP contribution in [0.25, 0.3) is 0 Å². The summed E-state index contributed by atoms with van der Waals surface area (Å²) in [5, 5.41) is 9.10. The number of halogens is 1. The van der Waals surface area contributed by atoms with Gasteiger partial charge >= 0.3 is 0 Å². The Morgan fingerprint density at radius 1 is 1.12 bits per heavy atom. The molecule has 2 rings (SSSR count). The molecule has 0 atom stereocenters. The van der Waals surface area contributed by atoms with Gasteiger partial charge in [0.15, 0.2) is 0 Å². The molecule has 3 nitrogen and oxygen atoms in total. The van der Waals surface area contributed by atoms with E-state index in [1.165, 1.54) is 12.1 Å². The Morgan fingerprint density at radius 2 is 1.82 bits per heavy atom. The number of phenols is 1. The molecule has 2 aromatic carbocycles. The van der Waals surface area contributed by atoms with Crippen LogP contribution < -0.4 is 10.5 Å². The number of hydrogen-bond donors (Lipinski definition) is 2. The highest BCUT2D eigenvalue weighted by Crippen LogP contribution is 2.19. The summed E-state index contributed by atoms with van der Waals surface area (Å²) >= 11 is 0. The van der Waals surface area contributed by atoms with Gasteiger partial charge in [0.1, 0.15) is 23.9 Å². The van der Waals surface area contributed by atoms with Crippen molar-refractivity contribution in [3.63, 3.8) is 0 Å². The van der Waals surface area contributed by atoms with Gasteiger partial charge in [-0.15, -0.1) is 0 Å². The molecule has 0 fully saturated rings. The molecule has 3 N–H and O–H groups in total. The number of nitrogen functional groups attached to an aromatic ring is 1. The van der Waals surface area contributed by atoms with Crippen molar-refractivity contribution in [1.82, 2.24) is 0 Å². The summed E-state index contributed by atoms with van der Waals surface area (Å²) < 4.78 is 18.5. The van der Waals surface area contributed by atoms with E-state index in [1.54, 1.807) is 30.3 Å². The molecule has 0 aromatic heterocycles. The quantitative estimate of drug-likeness (QED) is 0.801. The van der Waals surface area contributed by atoms with Gasteiger partial charge in [-0.05, 0) is 29.8 Å². The average Bonchev–Trinajstić information content (AvgIpc) is 2.33. The highest BCUT2D eigenvalue weighted by Gasteiger charge is 2.01. The molecule has 0 radical (unpaired) electrons. The van der Waals surface area contributed by atoms with Crippen LogP contribution in [0.2, 0.25) is 0 Å². The van der Waals surface area contributed by atoms with E-state index in [1.807, 2.05) is 0 Å². The number of ether oxygens (including phenoxy) is 1. The van der Waals surface area contributed by atoms with Crippen molar-refractivity contribution in [3.8, 4) is 11.5 Å². The Balaban J connectivity index is 2.02. The van der Waals surface area contributed by atoms with Gasteiger partial charge in [-0.3, -0.25) is 0 Å². The van der Waals surface area contributed by atoms with Gasteiger partial charge in [-0.2, -0.15) is 0 Å². The molecule has 0 saturated heterocycles. The monoisotopic (exact) mass is 233 g/mol. The van der Waals surface area contributed by atoms with E-state index >= 15 is 0 Å². The topological polar surface area (TPSA) is 55.5 Å². The molecular formula is C13H12FNO2. The van der Waals surface area contributed by atoms with Crippen LogP contribution in [0.5, 0.6) is 11.5 Å². The molecule has 2 aromatic rings. The second kappa shape index (κ2) is 4.74. The van der Waals surface area contributed by atoms with Crippen LogP contribution in [0.15, 0.2) is 42.5 Å². The molecule has 0 bridgehead atoms. The summed E-state index contributed by atoms with van der Waals surface area (Å²) in [5.41, 5.74) is 6.34. The summed E-state index contributed by atoms with van der Waals surface area (Å²) in [6.45, 7) is 0.309. The van der Waals surface area contributed by atoms with Crippen LogP contribution in [0.1, 0.15) is 5.56 Å². The zero-order valence-corrected chi connectivity index (χ0v) is 9.06. The van der Waals surface area contributed by atoms with Gasteiger partial charge in [-0.1, -0.05) is 12.1 Å². The lowest BCUT2D eigenvalue weighted by Gasteiger charge is -2.07. The highest BCUT2D eigenvalue weighted by molar-refractivity contribution is 5.43. The lowest BCUT2D eigenvalue weighted by Crippen LogP contribution is -1.97. The molecular weight excluding hydrogens is 221 g/mol. The number of rotatable bonds is 3. The van der Waals surface area contributed by atoms with Crippen LogP contribution in [0.4, 0.5) is 10.1 Å². The van der Waals surface area contributed by atoms with Crippen molar-refractivity contribution in [2.75, 3.05) is 5.73 Å². The summed E-state index contributed by atoms with van der Waals surface area (Å²) in [5.74, 6) is 0.130. The molecule has 0 spiro atoms. The van der Waals surface area contributed by atoms with E-state index in [4.69, 9.17) is 15.6 Å². The third kappa shape index (κ3) is 2.87. The first-order valence-electron chi connectivity index (χ1n) is 5.11. The van der Waals surface area contributed by atoms with Gasteiger partial charge in [0.2, 0.25) is 0 Å². The first kappa shape index (κ1) is 11.3. The average molecular weight is 233 g/mol. The number of phenolic OH excluding ortho intramolecular Hbond substituents is 1. The molecule has 0 amide bonds. The van der Waals surface area contributed by atoms with Crippen LogP contribution in [0, 0.1) is 5.82 Å². The number of hydrogen-bond acceptors (Lipinski definition) is 3. The van der Waals surface area contributed by atoms with Crippen LogP contribution in [-0.4, -0.2) is 5.11 Å². The maximum atomic E-state index is 13.1. The van der Waals surface area contributed by atoms with Gasteiger partial charge < -0.3 is 15.6 Å². The zero-order valence-electron chi connectivity index (χ0n) is 9.06. The minimum atomic E-state index is -0.492. The summed E-state index contributed by atoms with van der Waals surface area (Å²) in [6.07, 6.45) is 0. The molecule has 0 aliphatic rings. The van der Waals surface area contributed by atoms with E-state index in [2.05, 4.69) is 0 Å². The first-order valence-corrected chi connectivity index (χ1v) is 5.11. The van der Waals surface area contributed by atoms with E-state index in [0.29, 0.717) is 12.4 Å². The molecule has 0 aliphatic carbocycles. The zero-order chi connectivity index (χ0) is 12.3. The third-order valence-corrected chi connectivity index (χ3v) is 2.31. The predicted molar refractivity (Wildman–Crippen MR) is 63.3 cm³/mol. The first-order chi connectivity index (χ1) is 8.15. The predicted octanol–water partition coefficient (Wildman–Crippen LogP) is 2.69. The Bertz CT molecular complexity index is 511. The number of anilines is 1. The highest BCUT2D eigenvalue weighted by atomic mass is 19.1. The van der Waals surface area contributed by atoms with Gasteiger partial charge in [-0.25, -0.2) is 4.39 Å². The lowest BCUT2D eigenvalue weighted by atomic mass is 10.2. The van der Waals surface area contributed by atoms with Crippen LogP contribution in [-0.2, 0) is 6.61 Å². The Hall–Kier alpha value is -2.23. The summed E-state index contributed by atoms with van der Waals surface area (Å²) in [4.78, 5) is 0. The van der Waals surface area contributed by atoms with Crippen LogP contribution in [0.3, 0.4) is 0 Å². The fourth-order valence-corrected chi connectivity index (χ4v) is 1.36. The lowest BCUT2D eigenvalue weighted by molar-refractivity contribution is 0.304. The van der Waals surface area contributed by atoms with E-state index < -0.39 is 5.82 Å². The smallest absolute Gasteiger partial charge is 0.149 e. The Kier molecular flexibility index (Phi) is 3.14. The van der Waals surface area contributed by atoms with Crippen LogP contribution >= 0.6 is 0 Å². The maximum Gasteiger partial charge on any atom is 0.149 e. The normalized spacial score (nSPS) is 10.2. The standard InChI is InChI=1S/C13H12FNO2/c14-12-7-11(5-6-13(12)15)17-8-9-1-3-10(16)4-2-9/h1-7,16H,8,15H2. The second-order valence-corrected chi connectivity index (χ2v) is 3.64. The van der Waals surface area contributed by atoms with Crippen molar-refractivity contribution < 1.29 is 14.2 Å². The van der Waals surface area contributed by atoms with E-state index in [-0.39, 0.29) is 11.4 Å². The Labute approximate surface area is 98.3 Å². The molecule has 0 unspecified atom stereocenters. The molecule has 88 valence electrons. The van der Waals surface area contributed by atoms with E-state index in [9.17, 15) is 4.39 Å². The Morgan fingerprint density at radius 3 is 2.47 bits per heavy atom. The van der Waals surface area contributed by atoms with Gasteiger partial charge in [0.25, 0.3) is 0 Å². The van der Waals surface area contributed by atoms with E-state index in [0.717, 1.165) is 5.56 Å². The van der Waals surface area contributed by atoms with Gasteiger partial charge in [0.05, 0.1) is 5.69 Å². The number of benzene rings is 2. The van der Waals surface area contributed by atoms with Gasteiger partial charge in [0, 0.05) is 6.07 Å². The number of nitrogens with two attached hydrogens (primary N) is 1. The molecule has 0 saturated carbocycles. The molecule has 17 heavy (non-hydrogen) atoms. The van der Waals surface area contributed by atoms with Crippen molar-refractivity contribution >= 4 is 5.69 Å². The summed E-state index contributed by atoms with van der Waals surface area (Å²) in [6, 6.07) is 10.9. The minimum Gasteiger partial charge on any atom is -0.508 e. The third-order valence-electron chi connectivity index (χ3n) is 2.31. The second-order valence-electron chi connectivity index (χ2n) is 3.64. The maximum absolute atomic E-state index is 13.1.